The molecule has 0 N–H and O–H groups in total. The van der Waals surface area contributed by atoms with Crippen molar-refractivity contribution in [3.63, 3.8) is 0 Å². The second-order valence-electron chi connectivity index (χ2n) is 37.2. The highest BCUT2D eigenvalue weighted by molar-refractivity contribution is 6.32. The van der Waals surface area contributed by atoms with Gasteiger partial charge in [0.1, 0.15) is 33.5 Å². The maximum absolute atomic E-state index is 6.64. The van der Waals surface area contributed by atoms with E-state index < -0.39 is 0 Å². The highest BCUT2D eigenvalue weighted by atomic mass is 16.3. The van der Waals surface area contributed by atoms with Crippen LogP contribution in [0.5, 0.6) is 0 Å². The highest BCUT2D eigenvalue weighted by Gasteiger charge is 2.28. The molecule has 0 fully saturated rings. The number of hydrogen-bond acceptors (Lipinski definition) is 3. The van der Waals surface area contributed by atoms with Crippen LogP contribution in [-0.2, 0) is 0 Å². The molecule has 27 aromatic carbocycles. The van der Waals surface area contributed by atoms with Crippen LogP contribution in [0.1, 0.15) is 0 Å². The van der Waals surface area contributed by atoms with Crippen LogP contribution in [-0.4, -0.2) is 0 Å². The average Bonchev–Trinajstić information content (AvgIpc) is 1.71. The molecule has 0 amide bonds. The fourth-order valence-electron chi connectivity index (χ4n) is 23.4. The maximum Gasteiger partial charge on any atom is 0.143 e. The Morgan fingerprint density at radius 2 is 0.340 bits per heavy atom. The summed E-state index contributed by atoms with van der Waals surface area (Å²) >= 11 is 0. The molecule has 0 spiro atoms. The zero-order valence-electron chi connectivity index (χ0n) is 76.7. The predicted molar refractivity (Wildman–Crippen MR) is 600 cm³/mol. The van der Waals surface area contributed by atoms with Crippen molar-refractivity contribution in [3.8, 4) is 100 Å². The van der Waals surface area contributed by atoms with Crippen molar-refractivity contribution in [1.82, 2.24) is 0 Å². The molecule has 3 heterocycles. The molecule has 3 heteroatoms. The fourth-order valence-corrected chi connectivity index (χ4v) is 23.4. The molecule has 30 rings (SSSR count). The van der Waals surface area contributed by atoms with Gasteiger partial charge in [-0.3, -0.25) is 0 Å². The van der Waals surface area contributed by atoms with Crippen molar-refractivity contribution in [2.75, 3.05) is 0 Å². The Morgan fingerprint density at radius 3 is 0.730 bits per heavy atom. The summed E-state index contributed by atoms with van der Waals surface area (Å²) in [7, 11) is 0. The third-order valence-electron chi connectivity index (χ3n) is 29.5. The lowest BCUT2D eigenvalue weighted by atomic mass is 9.83. The van der Waals surface area contributed by atoms with Crippen molar-refractivity contribution in [2.45, 2.75) is 0 Å². The SMILES string of the molecule is c1cc(-c2cccc3ccccc23)cc(-c2c3ccccc3c(-c3cccc4oc5c6ccccc6ccc5c34)c3ccccc23)c1.c1ccc(-c2c3ccccc3c(-c3cccc4oc5c6ccccc6ccc5c34)c3ccccc23)c(-c2ccc3ccccc3c2)c1.c1ccc2c(-c3ccc(-c4c5ccccc5c(-c5cccc6oc7c8ccccc8ccc7c56)c5ccccc45)cc3)cccc2c1. The standard InChI is InChI=1S/3C46H28O/c1-3-17-33-29(12-1)14-10-23-34(33)31-15-9-16-32(28-31)43-36-19-5-7-21-38(36)44(39-22-8-6-20-37(39)43)40-24-11-25-42-45(40)41-27-26-30-13-2-4-18-35(30)46(41)47-42;1-3-14-33-29(11-1)13-9-20-34(33)31-23-25-32(26-24-31)43-36-16-5-7-18-38(36)44(39-19-8-6-17-37(39)43)40-21-10-22-42-45(40)41-28-27-30-12-2-4-15-35(30)46(41)47-42;1-2-14-31-28-32(25-24-29(31)12-1)33-15-5-6-17-35(33)43-36-18-7-9-20-38(36)44(39-21-10-8-19-37(39)43)40-22-11-23-42-45(40)41-27-26-30-13-3-4-16-34(30)46(41)47-42/h3*1-28H. The lowest BCUT2D eigenvalue weighted by Gasteiger charge is -2.20. The van der Waals surface area contributed by atoms with Crippen LogP contribution in [0.25, 0.3) is 295 Å². The Hall–Kier alpha value is -18.5. The molecule has 0 radical (unpaired) electrons. The van der Waals surface area contributed by atoms with E-state index in [-0.39, 0.29) is 0 Å². The van der Waals surface area contributed by atoms with Crippen LogP contribution in [0.15, 0.2) is 523 Å². The predicted octanol–water partition coefficient (Wildman–Crippen LogP) is 39.6. The summed E-state index contributed by atoms with van der Waals surface area (Å²) in [5.41, 5.74) is 27.7. The van der Waals surface area contributed by atoms with Gasteiger partial charge in [0.25, 0.3) is 0 Å². The first kappa shape index (κ1) is 80.9. The van der Waals surface area contributed by atoms with Crippen molar-refractivity contribution in [1.29, 1.82) is 0 Å². The normalized spacial score (nSPS) is 11.8. The van der Waals surface area contributed by atoms with Crippen LogP contribution in [0, 0.1) is 0 Å². The molecule has 0 atom stereocenters. The van der Waals surface area contributed by atoms with Crippen LogP contribution in [0.3, 0.4) is 0 Å². The van der Waals surface area contributed by atoms with Gasteiger partial charge in [0.15, 0.2) is 0 Å². The quantitative estimate of drug-likeness (QED) is 0.135. The molecular weight excluding hydrogens is 1710 g/mol. The average molecular weight is 1790 g/mol. The monoisotopic (exact) mass is 1790 g/mol. The summed E-state index contributed by atoms with van der Waals surface area (Å²) in [5.74, 6) is 0. The van der Waals surface area contributed by atoms with Crippen LogP contribution in [0.4, 0.5) is 0 Å². The third kappa shape index (κ3) is 13.2. The lowest BCUT2D eigenvalue weighted by molar-refractivity contribution is 0.672. The van der Waals surface area contributed by atoms with Gasteiger partial charge < -0.3 is 13.3 Å². The first-order valence-electron chi connectivity index (χ1n) is 48.6. The minimum atomic E-state index is 0.910. The van der Waals surface area contributed by atoms with Gasteiger partial charge in [-0.25, -0.2) is 0 Å². The molecule has 0 saturated heterocycles. The van der Waals surface area contributed by atoms with Gasteiger partial charge in [0.2, 0.25) is 0 Å². The summed E-state index contributed by atoms with van der Waals surface area (Å²) in [6, 6.07) is 185. The molecule has 30 aromatic rings. The molecule has 3 nitrogen and oxygen atoms in total. The van der Waals surface area contributed by atoms with Crippen molar-refractivity contribution in [2.24, 2.45) is 0 Å². The van der Waals surface area contributed by atoms with Crippen LogP contribution >= 0.6 is 0 Å². The van der Waals surface area contributed by atoms with E-state index in [2.05, 4.69) is 510 Å². The maximum atomic E-state index is 6.64. The van der Waals surface area contributed by atoms with E-state index in [9.17, 15) is 0 Å². The topological polar surface area (TPSA) is 39.4 Å². The Bertz CT molecular complexity index is 10200. The number of benzene rings is 27. The number of furan rings is 3. The Morgan fingerprint density at radius 1 is 0.106 bits per heavy atom. The summed E-state index contributed by atoms with van der Waals surface area (Å²) in [4.78, 5) is 0. The van der Waals surface area contributed by atoms with Gasteiger partial charge in [-0.05, 0) is 262 Å². The summed E-state index contributed by atoms with van der Waals surface area (Å²) in [6.45, 7) is 0. The van der Waals surface area contributed by atoms with Crippen LogP contribution < -0.4 is 0 Å². The summed E-state index contributed by atoms with van der Waals surface area (Å²) in [5, 5.41) is 36.3. The van der Waals surface area contributed by atoms with E-state index in [4.69, 9.17) is 13.3 Å². The van der Waals surface area contributed by atoms with E-state index in [0.29, 0.717) is 0 Å². The zero-order valence-corrected chi connectivity index (χ0v) is 76.7. The lowest BCUT2D eigenvalue weighted by Crippen LogP contribution is -1.93. The van der Waals surface area contributed by atoms with E-state index in [1.54, 1.807) is 0 Å². The molecule has 3 aromatic heterocycles. The number of hydrogen-bond donors (Lipinski definition) is 0. The molecule has 0 unspecified atom stereocenters. The van der Waals surface area contributed by atoms with E-state index >= 15 is 0 Å². The molecule has 0 aliphatic heterocycles. The fraction of sp³-hybridized carbons (Fsp3) is 0. The second-order valence-corrected chi connectivity index (χ2v) is 37.2. The summed E-state index contributed by atoms with van der Waals surface area (Å²) in [6.07, 6.45) is 0. The molecular formula is C138H84O3. The molecule has 0 bridgehead atoms. The van der Waals surface area contributed by atoms with E-state index in [1.165, 1.54) is 213 Å². The van der Waals surface area contributed by atoms with Gasteiger partial charge >= 0.3 is 0 Å². The second kappa shape index (κ2) is 33.2. The molecule has 654 valence electrons. The largest absolute Gasteiger partial charge is 0.455 e. The Labute approximate surface area is 812 Å². The first-order valence-corrected chi connectivity index (χ1v) is 48.6. The summed E-state index contributed by atoms with van der Waals surface area (Å²) < 4.78 is 19.9. The van der Waals surface area contributed by atoms with Gasteiger partial charge in [-0.15, -0.1) is 0 Å². The van der Waals surface area contributed by atoms with Gasteiger partial charge in [-0.2, -0.15) is 0 Å². The van der Waals surface area contributed by atoms with Gasteiger partial charge in [0.05, 0.1) is 0 Å². The third-order valence-corrected chi connectivity index (χ3v) is 29.5. The van der Waals surface area contributed by atoms with Crippen molar-refractivity contribution < 1.29 is 13.3 Å². The molecule has 141 heavy (non-hydrogen) atoms. The van der Waals surface area contributed by atoms with Crippen molar-refractivity contribution in [3.05, 3.63) is 510 Å². The van der Waals surface area contributed by atoms with E-state index in [0.717, 1.165) is 82.0 Å². The van der Waals surface area contributed by atoms with Gasteiger partial charge in [0, 0.05) is 48.5 Å². The number of rotatable bonds is 9. The number of fused-ring (bicyclic) bond motifs is 24. The van der Waals surface area contributed by atoms with E-state index in [1.807, 2.05) is 0 Å². The molecule has 0 saturated carbocycles. The van der Waals surface area contributed by atoms with Crippen LogP contribution in [0.2, 0.25) is 0 Å². The molecule has 0 aliphatic rings. The Kier molecular flexibility index (Phi) is 19.0. The zero-order chi connectivity index (χ0) is 92.7. The minimum absolute atomic E-state index is 0.910. The first-order chi connectivity index (χ1) is 70.0. The highest BCUT2D eigenvalue weighted by Crippen LogP contribution is 2.54. The molecule has 0 aliphatic carbocycles. The van der Waals surface area contributed by atoms with Crippen molar-refractivity contribution >= 4 is 195 Å². The smallest absolute Gasteiger partial charge is 0.143 e. The van der Waals surface area contributed by atoms with Gasteiger partial charge in [-0.1, -0.05) is 461 Å². The Balaban J connectivity index is 0.000000104. The minimum Gasteiger partial charge on any atom is -0.455 e.